The maximum Gasteiger partial charge on any atom is 0.485 e. The van der Waals surface area contributed by atoms with Crippen molar-refractivity contribution < 1.29 is 26.1 Å². The predicted octanol–water partition coefficient (Wildman–Crippen LogP) is 5.19. The van der Waals surface area contributed by atoms with E-state index in [2.05, 4.69) is 47.9 Å². The van der Waals surface area contributed by atoms with Gasteiger partial charge in [0.25, 0.3) is 0 Å². The fraction of sp³-hybridized carbons (Fsp3) is 0.263. The summed E-state index contributed by atoms with van der Waals surface area (Å²) in [5.41, 5.74) is -1.73. The van der Waals surface area contributed by atoms with E-state index < -0.39 is 15.6 Å². The highest BCUT2D eigenvalue weighted by molar-refractivity contribution is 8.00. The number of hydrogen-bond acceptors (Lipinski definition) is 3. The second-order valence-corrected chi connectivity index (χ2v) is 9.89. The van der Waals surface area contributed by atoms with E-state index in [1.54, 1.807) is 0 Å². The van der Waals surface area contributed by atoms with Gasteiger partial charge in [0.15, 0.2) is 10.1 Å². The Morgan fingerprint density at radius 1 is 0.964 bits per heavy atom. The second-order valence-electron chi connectivity index (χ2n) is 5.96. The molecule has 0 radical (unpaired) electrons. The molecule has 28 heavy (non-hydrogen) atoms. The van der Waals surface area contributed by atoms with Crippen LogP contribution in [0.3, 0.4) is 0 Å². The lowest BCUT2D eigenvalue weighted by Crippen LogP contribution is -2.21. The lowest BCUT2D eigenvalue weighted by molar-refractivity contribution is -0.0517. The lowest BCUT2D eigenvalue weighted by Gasteiger charge is -2.08. The fourth-order valence-corrected chi connectivity index (χ4v) is 4.83. The number of alkyl halides is 3. The molecule has 1 heterocycles. The Bertz CT molecular complexity index is 890. The first kappa shape index (κ1) is 22.8. The molecule has 0 saturated carbocycles. The summed E-state index contributed by atoms with van der Waals surface area (Å²) >= 11 is 6.01. The van der Waals surface area contributed by atoms with Crippen LogP contribution < -0.4 is 0 Å². The van der Waals surface area contributed by atoms with Crippen molar-refractivity contribution in [2.24, 2.45) is 0 Å². The monoisotopic (exact) mass is 450 g/mol. The first-order valence-corrected chi connectivity index (χ1v) is 11.7. The van der Waals surface area contributed by atoms with Crippen LogP contribution in [0, 0.1) is 0 Å². The lowest BCUT2D eigenvalue weighted by atomic mass is 10.00. The van der Waals surface area contributed by atoms with Gasteiger partial charge in [-0.3, -0.25) is 0 Å². The van der Waals surface area contributed by atoms with Crippen molar-refractivity contribution in [3.63, 3.8) is 0 Å². The molecule has 0 bridgehead atoms. The Morgan fingerprint density at radius 2 is 1.43 bits per heavy atom. The molecule has 3 rings (SSSR count). The highest BCUT2D eigenvalue weighted by Gasteiger charge is 2.36. The van der Waals surface area contributed by atoms with Gasteiger partial charge in [0.05, 0.1) is 0 Å². The van der Waals surface area contributed by atoms with Crippen LogP contribution in [0.1, 0.15) is 24.0 Å². The molecule has 0 atom stereocenters. The SMILES string of the molecule is Clc1ccc(C(=C[S+]2CCCC2)c2ccccc2)cc1.O=S(=O)([O-])C(F)(F)F. The van der Waals surface area contributed by atoms with Crippen LogP contribution in [0.2, 0.25) is 5.02 Å². The molecule has 2 aromatic carbocycles. The third kappa shape index (κ3) is 6.84. The molecule has 1 aliphatic heterocycles. The normalized spacial score (nSPS) is 15.8. The van der Waals surface area contributed by atoms with Crippen molar-refractivity contribution in [2.75, 3.05) is 11.5 Å². The molecule has 9 heteroatoms. The number of halogens is 4. The van der Waals surface area contributed by atoms with Gasteiger partial charge in [-0.05, 0) is 36.1 Å². The van der Waals surface area contributed by atoms with E-state index >= 15 is 0 Å². The molecule has 0 N–H and O–H groups in total. The Labute approximate surface area is 170 Å². The molecule has 1 aliphatic rings. The molecule has 0 amide bonds. The second kappa shape index (κ2) is 9.82. The van der Waals surface area contributed by atoms with Crippen LogP contribution in [0.25, 0.3) is 5.57 Å². The highest BCUT2D eigenvalue weighted by Crippen LogP contribution is 2.28. The zero-order valence-corrected chi connectivity index (χ0v) is 17.0. The van der Waals surface area contributed by atoms with Gasteiger partial charge in [0, 0.05) is 21.5 Å². The fourth-order valence-electron chi connectivity index (χ4n) is 2.51. The summed E-state index contributed by atoms with van der Waals surface area (Å²) in [5.74, 6) is 2.70. The number of benzene rings is 2. The highest BCUT2D eigenvalue weighted by atomic mass is 35.5. The van der Waals surface area contributed by atoms with Crippen LogP contribution in [0.15, 0.2) is 60.0 Å². The maximum atomic E-state index is 10.7. The van der Waals surface area contributed by atoms with Crippen LogP contribution in [0.4, 0.5) is 13.2 Å². The third-order valence-electron chi connectivity index (χ3n) is 3.87. The molecule has 0 spiro atoms. The van der Waals surface area contributed by atoms with Crippen LogP contribution in [-0.4, -0.2) is 30.0 Å². The summed E-state index contributed by atoms with van der Waals surface area (Å²) in [7, 11) is -5.65. The topological polar surface area (TPSA) is 57.2 Å². The average molecular weight is 451 g/mol. The zero-order chi connectivity index (χ0) is 20.8. The summed E-state index contributed by atoms with van der Waals surface area (Å²) in [4.78, 5) is 0. The minimum absolute atomic E-state index is 0.441. The zero-order valence-electron chi connectivity index (χ0n) is 14.7. The van der Waals surface area contributed by atoms with E-state index in [0.29, 0.717) is 10.9 Å². The van der Waals surface area contributed by atoms with Crippen molar-refractivity contribution in [2.45, 2.75) is 18.3 Å². The third-order valence-corrected chi connectivity index (χ3v) is 6.89. The summed E-state index contributed by atoms with van der Waals surface area (Å²) in [5, 5.41) is 3.29. The minimum atomic E-state index is -6.09. The first-order chi connectivity index (χ1) is 13.1. The van der Waals surface area contributed by atoms with Crippen molar-refractivity contribution >= 4 is 38.2 Å². The standard InChI is InChI=1S/C18H18ClS.CHF3O3S/c19-17-10-8-16(9-11-17)18(14-20-12-4-5-13-20)15-6-2-1-3-7-15;2-1(3,4)8(5,6)7/h1-3,6-11,14H,4-5,12-13H2;(H,5,6,7)/q+1;/p-1. The first-order valence-electron chi connectivity index (χ1n) is 8.29. The van der Waals surface area contributed by atoms with Gasteiger partial charge in [-0.15, -0.1) is 0 Å². The van der Waals surface area contributed by atoms with E-state index in [1.165, 1.54) is 41.0 Å². The van der Waals surface area contributed by atoms with Gasteiger partial charge in [0.1, 0.15) is 16.9 Å². The average Bonchev–Trinajstić information content (AvgIpc) is 3.13. The van der Waals surface area contributed by atoms with Gasteiger partial charge in [0.2, 0.25) is 0 Å². The molecule has 1 fully saturated rings. The molecular weight excluding hydrogens is 433 g/mol. The van der Waals surface area contributed by atoms with Crippen molar-refractivity contribution in [3.05, 3.63) is 76.2 Å². The Hall–Kier alpha value is -1.48. The van der Waals surface area contributed by atoms with E-state index in [1.807, 2.05) is 12.1 Å². The maximum absolute atomic E-state index is 10.7. The molecule has 1 saturated heterocycles. The van der Waals surface area contributed by atoms with Crippen molar-refractivity contribution in [1.82, 2.24) is 0 Å². The van der Waals surface area contributed by atoms with Crippen LogP contribution in [-0.2, 0) is 21.0 Å². The van der Waals surface area contributed by atoms with Gasteiger partial charge in [-0.25, -0.2) is 8.42 Å². The predicted molar refractivity (Wildman–Crippen MR) is 107 cm³/mol. The molecule has 2 aromatic rings. The largest absolute Gasteiger partial charge is 0.741 e. The van der Waals surface area contributed by atoms with Crippen molar-refractivity contribution in [3.8, 4) is 0 Å². The van der Waals surface area contributed by atoms with E-state index in [-0.39, 0.29) is 0 Å². The summed E-state index contributed by atoms with van der Waals surface area (Å²) in [6.07, 6.45) is 2.75. The minimum Gasteiger partial charge on any atom is -0.741 e. The van der Waals surface area contributed by atoms with Crippen LogP contribution in [0.5, 0.6) is 0 Å². The molecular formula is C19H18ClF3O3S2. The number of rotatable bonds is 3. The quantitative estimate of drug-likeness (QED) is 0.367. The van der Waals surface area contributed by atoms with E-state index in [4.69, 9.17) is 24.6 Å². The Kier molecular flexibility index (Phi) is 8.00. The van der Waals surface area contributed by atoms with E-state index in [9.17, 15) is 13.2 Å². The molecule has 3 nitrogen and oxygen atoms in total. The molecule has 152 valence electrons. The van der Waals surface area contributed by atoms with E-state index in [0.717, 1.165) is 5.02 Å². The van der Waals surface area contributed by atoms with Gasteiger partial charge in [-0.1, -0.05) is 54.1 Å². The smallest absolute Gasteiger partial charge is 0.485 e. The van der Waals surface area contributed by atoms with Crippen molar-refractivity contribution in [1.29, 1.82) is 0 Å². The summed E-state index contributed by atoms with van der Waals surface area (Å²) in [6.45, 7) is 0. The Morgan fingerprint density at radius 3 is 1.89 bits per heavy atom. The van der Waals surface area contributed by atoms with Gasteiger partial charge < -0.3 is 4.55 Å². The summed E-state index contributed by atoms with van der Waals surface area (Å²) in [6, 6.07) is 18.9. The van der Waals surface area contributed by atoms with Gasteiger partial charge >= 0.3 is 5.51 Å². The summed E-state index contributed by atoms with van der Waals surface area (Å²) < 4.78 is 58.9. The molecule has 0 aliphatic carbocycles. The molecule has 0 unspecified atom stereocenters. The number of hydrogen-bond donors (Lipinski definition) is 0. The Balaban J connectivity index is 0.000000300. The van der Waals surface area contributed by atoms with Gasteiger partial charge in [-0.2, -0.15) is 13.2 Å². The van der Waals surface area contributed by atoms with Crippen LogP contribution >= 0.6 is 11.6 Å². The molecule has 0 aromatic heterocycles.